The van der Waals surface area contributed by atoms with E-state index in [-0.39, 0.29) is 11.7 Å². The molecule has 5 nitrogen and oxygen atoms in total. The fourth-order valence-corrected chi connectivity index (χ4v) is 3.57. The van der Waals surface area contributed by atoms with Gasteiger partial charge in [0.15, 0.2) is 0 Å². The maximum absolute atomic E-state index is 13.1. The van der Waals surface area contributed by atoms with Crippen molar-refractivity contribution in [1.29, 1.82) is 0 Å². The Hall–Kier alpha value is -1.50. The molecule has 0 atom stereocenters. The average Bonchev–Trinajstić information content (AvgIpc) is 3.13. The molecule has 0 radical (unpaired) electrons. The Balaban J connectivity index is 1.30. The van der Waals surface area contributed by atoms with Crippen LogP contribution in [0.25, 0.3) is 0 Å². The quantitative estimate of drug-likeness (QED) is 0.803. The number of nitrogens with one attached hydrogen (secondary N) is 1. The second-order valence-electron chi connectivity index (χ2n) is 7.07. The summed E-state index contributed by atoms with van der Waals surface area (Å²) in [5.74, 6) is -0.258. The largest absolute Gasteiger partial charge is 0.351 e. The summed E-state index contributed by atoms with van der Waals surface area (Å²) in [5, 5.41) is 2.88. The Bertz CT molecular complexity index is 554. The number of piperazine rings is 1. The molecule has 2 heterocycles. The van der Waals surface area contributed by atoms with Crippen LogP contribution in [0.3, 0.4) is 0 Å². The Morgan fingerprint density at radius 3 is 2.28 bits per heavy atom. The topological polar surface area (TPSA) is 38.8 Å². The van der Waals surface area contributed by atoms with Gasteiger partial charge in [-0.15, -0.1) is 0 Å². The van der Waals surface area contributed by atoms with Crippen LogP contribution in [0.2, 0.25) is 0 Å². The third-order valence-electron chi connectivity index (χ3n) is 5.14. The summed E-state index contributed by atoms with van der Waals surface area (Å²) in [5.41, 5.74) is 0.792. The van der Waals surface area contributed by atoms with E-state index in [1.165, 1.54) is 44.6 Å². The number of hydrogen-bond acceptors (Lipinski definition) is 4. The number of nitrogens with zero attached hydrogens (tertiary/aromatic N) is 3. The molecule has 2 aliphatic rings. The molecule has 1 N–H and O–H groups in total. The van der Waals surface area contributed by atoms with Gasteiger partial charge in [0.2, 0.25) is 5.91 Å². The van der Waals surface area contributed by atoms with Gasteiger partial charge in [0.25, 0.3) is 0 Å². The predicted octanol–water partition coefficient (Wildman–Crippen LogP) is 1.16. The van der Waals surface area contributed by atoms with Gasteiger partial charge < -0.3 is 10.2 Å². The Kier molecular flexibility index (Phi) is 6.78. The van der Waals surface area contributed by atoms with E-state index in [1.807, 2.05) is 6.07 Å². The van der Waals surface area contributed by atoms with Crippen LogP contribution in [0.15, 0.2) is 24.3 Å². The van der Waals surface area contributed by atoms with Crippen LogP contribution in [-0.2, 0) is 11.3 Å². The van der Waals surface area contributed by atoms with Gasteiger partial charge in [0.1, 0.15) is 5.82 Å². The van der Waals surface area contributed by atoms with E-state index < -0.39 is 0 Å². The van der Waals surface area contributed by atoms with E-state index in [0.29, 0.717) is 13.1 Å². The van der Waals surface area contributed by atoms with Crippen LogP contribution in [0, 0.1) is 5.82 Å². The second-order valence-corrected chi connectivity index (χ2v) is 7.07. The minimum Gasteiger partial charge on any atom is -0.351 e. The molecular weight excluding hydrogens is 319 g/mol. The molecule has 25 heavy (non-hydrogen) atoms. The van der Waals surface area contributed by atoms with Crippen LogP contribution >= 0.6 is 0 Å². The van der Waals surface area contributed by atoms with Crippen LogP contribution in [-0.4, -0.2) is 79.5 Å². The smallest absolute Gasteiger partial charge is 0.234 e. The molecule has 3 rings (SSSR count). The number of benzene rings is 1. The molecule has 2 aliphatic heterocycles. The summed E-state index contributed by atoms with van der Waals surface area (Å²) in [4.78, 5) is 19.3. The molecule has 0 unspecified atom stereocenters. The van der Waals surface area contributed by atoms with Crippen molar-refractivity contribution in [3.63, 3.8) is 0 Å². The molecule has 0 aliphatic carbocycles. The summed E-state index contributed by atoms with van der Waals surface area (Å²) in [6.07, 6.45) is 2.69. The van der Waals surface area contributed by atoms with E-state index >= 15 is 0 Å². The molecular formula is C19H29FN4O. The fourth-order valence-electron chi connectivity index (χ4n) is 3.57. The number of amides is 1. The lowest BCUT2D eigenvalue weighted by molar-refractivity contribution is -0.122. The van der Waals surface area contributed by atoms with Crippen molar-refractivity contribution >= 4 is 5.91 Å². The summed E-state index contributed by atoms with van der Waals surface area (Å²) < 4.78 is 13.1. The highest BCUT2D eigenvalue weighted by Crippen LogP contribution is 2.08. The van der Waals surface area contributed by atoms with Gasteiger partial charge in [-0.2, -0.15) is 0 Å². The van der Waals surface area contributed by atoms with Crippen LogP contribution in [0.4, 0.5) is 4.39 Å². The molecule has 138 valence electrons. The zero-order valence-electron chi connectivity index (χ0n) is 14.9. The molecule has 0 bridgehead atoms. The molecule has 2 fully saturated rings. The molecule has 0 saturated carbocycles. The first-order valence-electron chi connectivity index (χ1n) is 9.37. The van der Waals surface area contributed by atoms with Gasteiger partial charge in [-0.3, -0.25) is 14.6 Å². The number of rotatable bonds is 7. The fraction of sp³-hybridized carbons (Fsp3) is 0.632. The number of carbonyl (C=O) groups excluding carboxylic acids is 1. The number of likely N-dealkylation sites (tertiary alicyclic amines) is 1. The summed E-state index contributed by atoms with van der Waals surface area (Å²) >= 11 is 0. The highest BCUT2D eigenvalue weighted by Gasteiger charge is 2.20. The van der Waals surface area contributed by atoms with Gasteiger partial charge in [-0.05, 0) is 43.6 Å². The SMILES string of the molecule is O=C(CN1CCN(CCN2CCCC2)CC1)NCc1cccc(F)c1. The lowest BCUT2D eigenvalue weighted by atomic mass is 10.2. The minimum absolute atomic E-state index is 0.00905. The monoisotopic (exact) mass is 348 g/mol. The third kappa shape index (κ3) is 6.06. The molecule has 1 aromatic carbocycles. The van der Waals surface area contributed by atoms with Gasteiger partial charge in [-0.1, -0.05) is 12.1 Å². The maximum atomic E-state index is 13.1. The Morgan fingerprint density at radius 1 is 0.960 bits per heavy atom. The molecule has 6 heteroatoms. The zero-order valence-corrected chi connectivity index (χ0v) is 14.9. The predicted molar refractivity (Wildman–Crippen MR) is 96.8 cm³/mol. The first-order valence-corrected chi connectivity index (χ1v) is 9.37. The van der Waals surface area contributed by atoms with Gasteiger partial charge in [0, 0.05) is 45.8 Å². The molecule has 2 saturated heterocycles. The van der Waals surface area contributed by atoms with Crippen LogP contribution in [0.5, 0.6) is 0 Å². The number of hydrogen-bond donors (Lipinski definition) is 1. The van der Waals surface area contributed by atoms with Crippen molar-refractivity contribution in [2.24, 2.45) is 0 Å². The number of carbonyl (C=O) groups is 1. The third-order valence-corrected chi connectivity index (χ3v) is 5.14. The normalized spacial score (nSPS) is 20.0. The molecule has 1 amide bonds. The first kappa shape index (κ1) is 18.3. The highest BCUT2D eigenvalue weighted by molar-refractivity contribution is 5.78. The van der Waals surface area contributed by atoms with Crippen molar-refractivity contribution < 1.29 is 9.18 Å². The van der Waals surface area contributed by atoms with E-state index in [9.17, 15) is 9.18 Å². The van der Waals surface area contributed by atoms with E-state index in [1.54, 1.807) is 6.07 Å². The van der Waals surface area contributed by atoms with Crippen molar-refractivity contribution in [1.82, 2.24) is 20.0 Å². The van der Waals surface area contributed by atoms with Gasteiger partial charge >= 0.3 is 0 Å². The Morgan fingerprint density at radius 2 is 1.60 bits per heavy atom. The van der Waals surface area contributed by atoms with Gasteiger partial charge in [0.05, 0.1) is 6.54 Å². The summed E-state index contributed by atoms with van der Waals surface area (Å²) in [6, 6.07) is 6.36. The highest BCUT2D eigenvalue weighted by atomic mass is 19.1. The Labute approximate surface area is 149 Å². The number of halogens is 1. The molecule has 0 aromatic heterocycles. The lowest BCUT2D eigenvalue weighted by Gasteiger charge is -2.35. The van der Waals surface area contributed by atoms with Crippen molar-refractivity contribution in [2.45, 2.75) is 19.4 Å². The summed E-state index contributed by atoms with van der Waals surface area (Å²) in [6.45, 7) is 9.57. The maximum Gasteiger partial charge on any atom is 0.234 e. The summed E-state index contributed by atoms with van der Waals surface area (Å²) in [7, 11) is 0. The van der Waals surface area contributed by atoms with E-state index in [4.69, 9.17) is 0 Å². The second kappa shape index (κ2) is 9.27. The van der Waals surface area contributed by atoms with E-state index in [2.05, 4.69) is 20.0 Å². The molecule has 1 aromatic rings. The lowest BCUT2D eigenvalue weighted by Crippen LogP contribution is -2.50. The van der Waals surface area contributed by atoms with Crippen molar-refractivity contribution in [3.8, 4) is 0 Å². The van der Waals surface area contributed by atoms with Gasteiger partial charge in [-0.25, -0.2) is 4.39 Å². The average molecular weight is 348 g/mol. The zero-order chi connectivity index (χ0) is 17.5. The van der Waals surface area contributed by atoms with Crippen LogP contribution in [0.1, 0.15) is 18.4 Å². The van der Waals surface area contributed by atoms with Crippen LogP contribution < -0.4 is 5.32 Å². The van der Waals surface area contributed by atoms with Crippen molar-refractivity contribution in [2.75, 3.05) is 58.9 Å². The van der Waals surface area contributed by atoms with E-state index in [0.717, 1.165) is 38.3 Å². The first-order chi connectivity index (χ1) is 12.2. The molecule has 0 spiro atoms. The van der Waals surface area contributed by atoms with Crippen molar-refractivity contribution in [3.05, 3.63) is 35.6 Å². The standard InChI is InChI=1S/C19H29FN4O/c20-18-5-3-4-17(14-18)15-21-19(25)16-24-12-10-23(11-13-24)9-8-22-6-1-2-7-22/h3-5,14H,1-2,6-13,15-16H2,(H,21,25). The minimum atomic E-state index is -0.267.